The van der Waals surface area contributed by atoms with Crippen LogP contribution in [0.1, 0.15) is 49.9 Å². The molecule has 1 spiro atoms. The lowest BCUT2D eigenvalue weighted by Gasteiger charge is -2.36. The van der Waals surface area contributed by atoms with E-state index >= 15 is 0 Å². The molecular weight excluding hydrogens is 376 g/mol. The van der Waals surface area contributed by atoms with Crippen LogP contribution in [0.4, 0.5) is 4.79 Å². The molecule has 8 nitrogen and oxygen atoms in total. The number of amides is 3. The number of benzene rings is 1. The van der Waals surface area contributed by atoms with Crippen molar-refractivity contribution in [2.75, 3.05) is 19.8 Å². The molecule has 1 saturated carbocycles. The lowest BCUT2D eigenvalue weighted by Crippen LogP contribution is -2.54. The molecule has 1 heterocycles. The first kappa shape index (κ1) is 20.8. The van der Waals surface area contributed by atoms with E-state index in [9.17, 15) is 19.2 Å². The molecule has 1 aliphatic heterocycles. The molecule has 3 amide bonds. The summed E-state index contributed by atoms with van der Waals surface area (Å²) in [5.41, 5.74) is -0.542. The van der Waals surface area contributed by atoms with Crippen LogP contribution in [0.25, 0.3) is 0 Å². The quantitative estimate of drug-likeness (QED) is 0.427. The Bertz CT molecular complexity index is 806. The summed E-state index contributed by atoms with van der Waals surface area (Å²) in [6, 6.07) is 5.92. The van der Waals surface area contributed by atoms with Crippen LogP contribution in [0.15, 0.2) is 24.3 Å². The maximum Gasteiger partial charge on any atom is 0.326 e. The van der Waals surface area contributed by atoms with Crippen molar-refractivity contribution < 1.29 is 28.7 Å². The number of ketones is 1. The van der Waals surface area contributed by atoms with E-state index in [2.05, 4.69) is 5.32 Å². The third kappa shape index (κ3) is 4.26. The zero-order valence-electron chi connectivity index (χ0n) is 16.7. The number of Topliss-reactive ketones (excluding diaryl/α,β-unsaturated/α-hetero) is 1. The monoisotopic (exact) mass is 402 g/mol. The largest absolute Gasteiger partial charge is 0.494 e. The SMILES string of the molecule is CCOc1ccc(C(=O)COC(=O)CN2C(=O)N[C@@]3(CCCC[C@H]3C)C2=O)cc1. The first-order valence-electron chi connectivity index (χ1n) is 9.93. The summed E-state index contributed by atoms with van der Waals surface area (Å²) >= 11 is 0. The van der Waals surface area contributed by atoms with Crippen LogP contribution >= 0.6 is 0 Å². The number of imide groups is 1. The van der Waals surface area contributed by atoms with Gasteiger partial charge in [-0.25, -0.2) is 4.79 Å². The Morgan fingerprint density at radius 2 is 1.93 bits per heavy atom. The van der Waals surface area contributed by atoms with E-state index < -0.39 is 30.7 Å². The van der Waals surface area contributed by atoms with Gasteiger partial charge in [0.2, 0.25) is 0 Å². The minimum Gasteiger partial charge on any atom is -0.494 e. The van der Waals surface area contributed by atoms with Crippen LogP contribution in [-0.2, 0) is 14.3 Å². The van der Waals surface area contributed by atoms with Crippen LogP contribution in [-0.4, -0.2) is 53.9 Å². The Balaban J connectivity index is 1.54. The Morgan fingerprint density at radius 3 is 2.59 bits per heavy atom. The molecule has 1 N–H and O–H groups in total. The molecule has 156 valence electrons. The highest BCUT2D eigenvalue weighted by Gasteiger charge is 2.55. The molecule has 2 aliphatic rings. The average Bonchev–Trinajstić information content (AvgIpc) is 2.94. The summed E-state index contributed by atoms with van der Waals surface area (Å²) < 4.78 is 10.3. The molecule has 1 aromatic rings. The van der Waals surface area contributed by atoms with Gasteiger partial charge in [-0.2, -0.15) is 0 Å². The Kier molecular flexibility index (Phi) is 6.20. The van der Waals surface area contributed by atoms with Gasteiger partial charge >= 0.3 is 12.0 Å². The molecular formula is C21H26N2O6. The van der Waals surface area contributed by atoms with Crippen LogP contribution < -0.4 is 10.1 Å². The Labute approximate surface area is 169 Å². The number of esters is 1. The number of rotatable bonds is 7. The highest BCUT2D eigenvalue weighted by Crippen LogP contribution is 2.38. The van der Waals surface area contributed by atoms with E-state index in [1.54, 1.807) is 24.3 Å². The summed E-state index contributed by atoms with van der Waals surface area (Å²) in [5.74, 6) is -0.908. The van der Waals surface area contributed by atoms with Gasteiger partial charge in [-0.05, 0) is 49.9 Å². The molecule has 8 heteroatoms. The van der Waals surface area contributed by atoms with Gasteiger partial charge in [-0.1, -0.05) is 19.8 Å². The van der Waals surface area contributed by atoms with E-state index in [0.29, 0.717) is 24.3 Å². The average molecular weight is 402 g/mol. The number of nitrogens with one attached hydrogen (secondary N) is 1. The van der Waals surface area contributed by atoms with Crippen molar-refractivity contribution in [3.63, 3.8) is 0 Å². The zero-order valence-corrected chi connectivity index (χ0v) is 16.7. The van der Waals surface area contributed by atoms with Crippen molar-refractivity contribution in [3.8, 4) is 5.75 Å². The maximum absolute atomic E-state index is 12.8. The van der Waals surface area contributed by atoms with Crippen molar-refractivity contribution in [3.05, 3.63) is 29.8 Å². The number of hydrogen-bond donors (Lipinski definition) is 1. The first-order valence-corrected chi connectivity index (χ1v) is 9.93. The molecule has 1 saturated heterocycles. The molecule has 1 aromatic carbocycles. The zero-order chi connectivity index (χ0) is 21.0. The summed E-state index contributed by atoms with van der Waals surface area (Å²) in [6.45, 7) is 3.36. The van der Waals surface area contributed by atoms with Gasteiger partial charge < -0.3 is 14.8 Å². The number of carbonyl (C=O) groups excluding carboxylic acids is 4. The molecule has 0 aromatic heterocycles. The van der Waals surface area contributed by atoms with Crippen molar-refractivity contribution in [2.24, 2.45) is 5.92 Å². The first-order chi connectivity index (χ1) is 13.9. The van der Waals surface area contributed by atoms with E-state index in [4.69, 9.17) is 9.47 Å². The minimum atomic E-state index is -0.923. The predicted molar refractivity (Wildman–Crippen MR) is 104 cm³/mol. The second-order valence-corrected chi connectivity index (χ2v) is 7.48. The lowest BCUT2D eigenvalue weighted by atomic mass is 9.73. The van der Waals surface area contributed by atoms with Crippen molar-refractivity contribution >= 4 is 23.7 Å². The normalized spacial score (nSPS) is 23.8. The van der Waals surface area contributed by atoms with Gasteiger partial charge in [-0.15, -0.1) is 0 Å². The molecule has 29 heavy (non-hydrogen) atoms. The number of hydrogen-bond acceptors (Lipinski definition) is 6. The van der Waals surface area contributed by atoms with Crippen LogP contribution in [0.3, 0.4) is 0 Å². The summed E-state index contributed by atoms with van der Waals surface area (Å²) in [6.07, 6.45) is 3.29. The van der Waals surface area contributed by atoms with Crippen LogP contribution in [0.2, 0.25) is 0 Å². The number of urea groups is 1. The van der Waals surface area contributed by atoms with E-state index in [1.165, 1.54) is 0 Å². The molecule has 0 bridgehead atoms. The molecule has 2 atom stereocenters. The van der Waals surface area contributed by atoms with Gasteiger partial charge in [0.05, 0.1) is 6.61 Å². The highest BCUT2D eigenvalue weighted by atomic mass is 16.5. The second-order valence-electron chi connectivity index (χ2n) is 7.48. The third-order valence-corrected chi connectivity index (χ3v) is 5.64. The van der Waals surface area contributed by atoms with Gasteiger partial charge in [0.1, 0.15) is 17.8 Å². The number of nitrogens with zero attached hydrogens (tertiary/aromatic N) is 1. The Morgan fingerprint density at radius 1 is 1.21 bits per heavy atom. The van der Waals surface area contributed by atoms with Crippen molar-refractivity contribution in [1.82, 2.24) is 10.2 Å². The van der Waals surface area contributed by atoms with Gasteiger partial charge in [0.25, 0.3) is 5.91 Å². The Hall–Kier alpha value is -2.90. The fourth-order valence-electron chi connectivity index (χ4n) is 3.95. The fraction of sp³-hybridized carbons (Fsp3) is 0.524. The minimum absolute atomic E-state index is 0.00922. The molecule has 0 radical (unpaired) electrons. The van der Waals surface area contributed by atoms with Gasteiger partial charge in [-0.3, -0.25) is 19.3 Å². The smallest absolute Gasteiger partial charge is 0.326 e. The van der Waals surface area contributed by atoms with Crippen LogP contribution in [0.5, 0.6) is 5.75 Å². The maximum atomic E-state index is 12.8. The predicted octanol–water partition coefficient (Wildman–Crippen LogP) is 2.31. The van der Waals surface area contributed by atoms with Gasteiger partial charge in [0, 0.05) is 5.56 Å². The van der Waals surface area contributed by atoms with E-state index in [-0.39, 0.29) is 17.6 Å². The summed E-state index contributed by atoms with van der Waals surface area (Å²) in [4.78, 5) is 50.4. The van der Waals surface area contributed by atoms with E-state index in [0.717, 1.165) is 24.2 Å². The molecule has 1 aliphatic carbocycles. The second kappa shape index (κ2) is 8.63. The topological polar surface area (TPSA) is 102 Å². The molecule has 0 unspecified atom stereocenters. The van der Waals surface area contributed by atoms with E-state index in [1.807, 2.05) is 13.8 Å². The highest BCUT2D eigenvalue weighted by molar-refractivity contribution is 6.09. The number of carbonyl (C=O) groups is 4. The standard InChI is InChI=1S/C21H26N2O6/c1-3-28-16-9-7-15(8-10-16)17(24)13-29-18(25)12-23-19(26)21(22-20(23)27)11-5-4-6-14(21)2/h7-10,14H,3-6,11-13H2,1-2H3,(H,22,27)/t14-,21-/m1/s1. The molecule has 3 rings (SSSR count). The fourth-order valence-corrected chi connectivity index (χ4v) is 3.95. The van der Waals surface area contributed by atoms with Crippen molar-refractivity contribution in [1.29, 1.82) is 0 Å². The van der Waals surface area contributed by atoms with Crippen LogP contribution in [0, 0.1) is 5.92 Å². The summed E-state index contributed by atoms with van der Waals surface area (Å²) in [5, 5.41) is 2.78. The van der Waals surface area contributed by atoms with Crippen molar-refractivity contribution in [2.45, 2.75) is 45.1 Å². The summed E-state index contributed by atoms with van der Waals surface area (Å²) in [7, 11) is 0. The lowest BCUT2D eigenvalue weighted by molar-refractivity contribution is -0.147. The molecule has 2 fully saturated rings. The van der Waals surface area contributed by atoms with Gasteiger partial charge in [0.15, 0.2) is 12.4 Å². The number of ether oxygens (including phenoxy) is 2. The third-order valence-electron chi connectivity index (χ3n) is 5.64.